The lowest BCUT2D eigenvalue weighted by atomic mass is 10.1. The molecule has 0 radical (unpaired) electrons. The summed E-state index contributed by atoms with van der Waals surface area (Å²) < 4.78 is 0.833. The zero-order valence-electron chi connectivity index (χ0n) is 12.7. The molecule has 2 rings (SSSR count). The molecule has 1 aromatic carbocycles. The molecule has 1 aromatic rings. The largest absolute Gasteiger partial charge is 0.316 e. The number of nitrogens with zero attached hydrogens (tertiary/aromatic N) is 1. The molecule has 0 saturated heterocycles. The van der Waals surface area contributed by atoms with Gasteiger partial charge in [0.05, 0.1) is 11.3 Å². The second-order valence-corrected chi connectivity index (χ2v) is 6.59. The van der Waals surface area contributed by atoms with Gasteiger partial charge in [0.25, 0.3) is 11.7 Å². The number of amides is 1. The second kappa shape index (κ2) is 6.71. The molecule has 0 aliphatic carbocycles. The molecular weight excluding hydrogens is 332 g/mol. The fraction of sp³-hybridized carbons (Fsp3) is 0.500. The topological polar surface area (TPSA) is 49.4 Å². The normalized spacial score (nSPS) is 15.5. The molecule has 21 heavy (non-hydrogen) atoms. The van der Waals surface area contributed by atoms with E-state index in [0.29, 0.717) is 18.0 Å². The van der Waals surface area contributed by atoms with Crippen molar-refractivity contribution in [1.29, 1.82) is 0 Å². The summed E-state index contributed by atoms with van der Waals surface area (Å²) in [6, 6.07) is 3.68. The van der Waals surface area contributed by atoms with E-state index in [1.165, 1.54) is 0 Å². The second-order valence-electron chi connectivity index (χ2n) is 5.67. The summed E-state index contributed by atoms with van der Waals surface area (Å²) in [5.74, 6) is -0.515. The third kappa shape index (κ3) is 3.35. The average Bonchev–Trinajstić information content (AvgIpc) is 2.64. The molecule has 0 fully saturated rings. The molecule has 1 aliphatic rings. The van der Waals surface area contributed by atoms with E-state index in [-0.39, 0.29) is 0 Å². The van der Waals surface area contributed by atoms with Crippen LogP contribution >= 0.6 is 15.9 Å². The van der Waals surface area contributed by atoms with Crippen molar-refractivity contribution >= 4 is 33.3 Å². The maximum atomic E-state index is 12.2. The van der Waals surface area contributed by atoms with E-state index in [9.17, 15) is 9.59 Å². The number of ketones is 1. The smallest absolute Gasteiger partial charge is 0.299 e. The van der Waals surface area contributed by atoms with Crippen molar-refractivity contribution in [3.05, 3.63) is 27.7 Å². The van der Waals surface area contributed by atoms with Crippen LogP contribution in [0.4, 0.5) is 5.69 Å². The van der Waals surface area contributed by atoms with E-state index in [4.69, 9.17) is 0 Å². The van der Waals surface area contributed by atoms with Crippen LogP contribution < -0.4 is 10.2 Å². The highest BCUT2D eigenvalue weighted by atomic mass is 79.9. The number of aryl methyl sites for hydroxylation is 1. The maximum absolute atomic E-state index is 12.2. The Morgan fingerprint density at radius 1 is 1.33 bits per heavy atom. The van der Waals surface area contributed by atoms with Gasteiger partial charge < -0.3 is 10.2 Å². The third-order valence-corrected chi connectivity index (χ3v) is 4.09. The van der Waals surface area contributed by atoms with Gasteiger partial charge in [0, 0.05) is 11.0 Å². The number of hydrogen-bond donors (Lipinski definition) is 1. The molecule has 1 atom stereocenters. The molecule has 0 saturated carbocycles. The molecule has 0 bridgehead atoms. The van der Waals surface area contributed by atoms with Gasteiger partial charge in [-0.2, -0.15) is 0 Å². The fourth-order valence-corrected chi connectivity index (χ4v) is 3.25. The van der Waals surface area contributed by atoms with E-state index >= 15 is 0 Å². The Kier molecular flexibility index (Phi) is 5.17. The van der Waals surface area contributed by atoms with Crippen molar-refractivity contribution in [1.82, 2.24) is 5.32 Å². The van der Waals surface area contributed by atoms with Crippen LogP contribution in [0.15, 0.2) is 16.6 Å². The summed E-state index contributed by atoms with van der Waals surface area (Å²) in [6.45, 7) is 8.53. The lowest BCUT2D eigenvalue weighted by Gasteiger charge is -2.23. The Morgan fingerprint density at radius 2 is 2.05 bits per heavy atom. The number of rotatable bonds is 6. The summed E-state index contributed by atoms with van der Waals surface area (Å²) in [5.41, 5.74) is 2.24. The van der Waals surface area contributed by atoms with Gasteiger partial charge in [-0.15, -0.1) is 0 Å². The maximum Gasteiger partial charge on any atom is 0.299 e. The number of carbonyl (C=O) groups is 2. The molecule has 1 heterocycles. The molecule has 1 aliphatic heterocycles. The first kappa shape index (κ1) is 16.2. The highest BCUT2D eigenvalue weighted by Crippen LogP contribution is 2.35. The van der Waals surface area contributed by atoms with Crippen LogP contribution in [0.25, 0.3) is 0 Å². The minimum Gasteiger partial charge on any atom is -0.316 e. The summed E-state index contributed by atoms with van der Waals surface area (Å²) in [6.07, 6.45) is 1.09. The van der Waals surface area contributed by atoms with Crippen LogP contribution in [0.2, 0.25) is 0 Å². The van der Waals surface area contributed by atoms with Crippen molar-refractivity contribution in [3.8, 4) is 0 Å². The van der Waals surface area contributed by atoms with Crippen LogP contribution in [0, 0.1) is 12.8 Å². The van der Waals surface area contributed by atoms with Gasteiger partial charge in [-0.05, 0) is 50.0 Å². The predicted molar refractivity (Wildman–Crippen MR) is 87.9 cm³/mol. The molecule has 1 N–H and O–H groups in total. The van der Waals surface area contributed by atoms with Gasteiger partial charge >= 0.3 is 0 Å². The summed E-state index contributed by atoms with van der Waals surface area (Å²) in [5, 5.41) is 3.35. The van der Waals surface area contributed by atoms with Gasteiger partial charge in [-0.1, -0.05) is 29.8 Å². The van der Waals surface area contributed by atoms with Gasteiger partial charge in [-0.25, -0.2) is 0 Å². The van der Waals surface area contributed by atoms with E-state index in [2.05, 4.69) is 35.1 Å². The van der Waals surface area contributed by atoms with E-state index < -0.39 is 11.7 Å². The van der Waals surface area contributed by atoms with Gasteiger partial charge in [0.15, 0.2) is 0 Å². The first-order valence-electron chi connectivity index (χ1n) is 7.32. The molecule has 1 unspecified atom stereocenters. The highest BCUT2D eigenvalue weighted by Gasteiger charge is 2.37. The Bertz CT molecular complexity index is 572. The molecule has 0 aromatic heterocycles. The van der Waals surface area contributed by atoms with Crippen LogP contribution in [-0.2, 0) is 4.79 Å². The number of nitrogens with one attached hydrogen (secondary N) is 1. The highest BCUT2D eigenvalue weighted by molar-refractivity contribution is 9.10. The summed E-state index contributed by atoms with van der Waals surface area (Å²) >= 11 is 3.38. The van der Waals surface area contributed by atoms with Crippen molar-refractivity contribution in [2.75, 3.05) is 24.5 Å². The van der Waals surface area contributed by atoms with Crippen molar-refractivity contribution in [2.24, 2.45) is 5.92 Å². The monoisotopic (exact) mass is 352 g/mol. The molecular formula is C16H21BrN2O2. The quantitative estimate of drug-likeness (QED) is 0.632. The van der Waals surface area contributed by atoms with E-state index in [1.54, 1.807) is 11.0 Å². The van der Waals surface area contributed by atoms with Gasteiger partial charge in [0.1, 0.15) is 0 Å². The zero-order valence-corrected chi connectivity index (χ0v) is 14.3. The number of benzene rings is 1. The number of carbonyl (C=O) groups excluding carboxylic acids is 2. The first-order valence-corrected chi connectivity index (χ1v) is 8.12. The fourth-order valence-electron chi connectivity index (χ4n) is 2.68. The minimum atomic E-state index is -0.409. The third-order valence-electron chi connectivity index (χ3n) is 3.63. The van der Waals surface area contributed by atoms with Gasteiger partial charge in [-0.3, -0.25) is 9.59 Å². The van der Waals surface area contributed by atoms with Crippen LogP contribution in [0.5, 0.6) is 0 Å². The van der Waals surface area contributed by atoms with Crippen LogP contribution in [0.3, 0.4) is 0 Å². The number of fused-ring (bicyclic) bond motifs is 1. The number of Topliss-reactive ketones (excluding diaryl/α,β-unsaturated/α-hetero) is 1. The van der Waals surface area contributed by atoms with Gasteiger partial charge in [0.2, 0.25) is 0 Å². The van der Waals surface area contributed by atoms with Crippen molar-refractivity contribution in [3.63, 3.8) is 0 Å². The first-order chi connectivity index (χ1) is 9.95. The Hall–Kier alpha value is -1.20. The predicted octanol–water partition coefficient (Wildman–Crippen LogP) is 2.92. The zero-order chi connectivity index (χ0) is 15.6. The van der Waals surface area contributed by atoms with Crippen molar-refractivity contribution in [2.45, 2.75) is 27.2 Å². The molecule has 114 valence electrons. The SMILES string of the molecule is CCCNCC(C)CN1C(=O)C(=O)c2cc(Br)cc(C)c21. The molecule has 4 nitrogen and oxygen atoms in total. The molecule has 1 amide bonds. The number of anilines is 1. The van der Waals surface area contributed by atoms with Crippen molar-refractivity contribution < 1.29 is 9.59 Å². The minimum absolute atomic E-state index is 0.294. The number of hydrogen-bond acceptors (Lipinski definition) is 3. The molecule has 5 heteroatoms. The van der Waals surface area contributed by atoms with Crippen LogP contribution in [0.1, 0.15) is 36.2 Å². The average molecular weight is 353 g/mol. The standard InChI is InChI=1S/C16H21BrN2O2/c1-4-5-18-8-10(2)9-19-14-11(3)6-12(17)7-13(14)15(20)16(19)21/h6-7,10,18H,4-5,8-9H2,1-3H3. The summed E-state index contributed by atoms with van der Waals surface area (Å²) in [7, 11) is 0. The van der Waals surface area contributed by atoms with E-state index in [0.717, 1.165) is 35.2 Å². The van der Waals surface area contributed by atoms with Crippen LogP contribution in [-0.4, -0.2) is 31.3 Å². The Morgan fingerprint density at radius 3 is 2.71 bits per heavy atom. The number of halogens is 1. The Balaban J connectivity index is 2.19. The van der Waals surface area contributed by atoms with E-state index in [1.807, 2.05) is 13.0 Å². The lowest BCUT2D eigenvalue weighted by molar-refractivity contribution is -0.114. The summed E-state index contributed by atoms with van der Waals surface area (Å²) in [4.78, 5) is 26.0. The Labute approximate surface area is 134 Å². The molecule has 0 spiro atoms. The lowest BCUT2D eigenvalue weighted by Crippen LogP contribution is -2.37.